The summed E-state index contributed by atoms with van der Waals surface area (Å²) >= 11 is 1.35. The van der Waals surface area contributed by atoms with Crippen molar-refractivity contribution in [1.82, 2.24) is 9.29 Å². The molecule has 3 rings (SSSR count). The standard InChI is InChI=1S/C22H25N3O3S2/c1-14-8-15(2)10-17(9-14)23-21(26)13-29-22-11-16(3)19-12-18(6-7-20(19)24-22)30(27,28)25(4)5/h6-12H,13H2,1-5H3,(H,23,26). The molecule has 30 heavy (non-hydrogen) atoms. The number of anilines is 1. The summed E-state index contributed by atoms with van der Waals surface area (Å²) in [5, 5.41) is 4.42. The third-order valence-corrected chi connectivity index (χ3v) is 7.32. The number of carbonyl (C=O) groups is 1. The van der Waals surface area contributed by atoms with E-state index in [2.05, 4.69) is 16.4 Å². The molecule has 3 aromatic rings. The van der Waals surface area contributed by atoms with E-state index in [1.165, 1.54) is 30.2 Å². The predicted octanol–water partition coefficient (Wildman–Crippen LogP) is 4.14. The van der Waals surface area contributed by atoms with E-state index in [1.54, 1.807) is 18.2 Å². The number of amides is 1. The number of hydrogen-bond donors (Lipinski definition) is 1. The summed E-state index contributed by atoms with van der Waals surface area (Å²) in [6.45, 7) is 5.90. The van der Waals surface area contributed by atoms with Crippen molar-refractivity contribution in [2.75, 3.05) is 25.2 Å². The van der Waals surface area contributed by atoms with Crippen LogP contribution in [0.3, 0.4) is 0 Å². The Morgan fingerprint density at radius 1 is 1.03 bits per heavy atom. The Hall–Kier alpha value is -2.42. The number of thioether (sulfide) groups is 1. The monoisotopic (exact) mass is 443 g/mol. The molecule has 1 heterocycles. The van der Waals surface area contributed by atoms with Gasteiger partial charge in [-0.1, -0.05) is 17.8 Å². The molecule has 8 heteroatoms. The molecule has 158 valence electrons. The maximum atomic E-state index is 12.4. The minimum Gasteiger partial charge on any atom is -0.325 e. The Kier molecular flexibility index (Phi) is 6.50. The molecule has 0 saturated heterocycles. The zero-order valence-electron chi connectivity index (χ0n) is 17.7. The van der Waals surface area contributed by atoms with Crippen LogP contribution in [0.15, 0.2) is 52.4 Å². The fourth-order valence-corrected chi connectivity index (χ4v) is 4.87. The molecule has 0 aliphatic carbocycles. The lowest BCUT2D eigenvalue weighted by molar-refractivity contribution is -0.113. The van der Waals surface area contributed by atoms with Gasteiger partial charge in [0.05, 0.1) is 21.2 Å². The summed E-state index contributed by atoms with van der Waals surface area (Å²) in [5.74, 6) is 0.134. The van der Waals surface area contributed by atoms with Crippen LogP contribution < -0.4 is 5.32 Å². The number of rotatable bonds is 6. The number of carbonyl (C=O) groups excluding carboxylic acids is 1. The normalized spacial score (nSPS) is 11.8. The smallest absolute Gasteiger partial charge is 0.242 e. The first-order valence-corrected chi connectivity index (χ1v) is 11.8. The molecular weight excluding hydrogens is 418 g/mol. The highest BCUT2D eigenvalue weighted by atomic mass is 32.2. The van der Waals surface area contributed by atoms with E-state index in [4.69, 9.17) is 0 Å². The fourth-order valence-electron chi connectivity index (χ4n) is 3.17. The topological polar surface area (TPSA) is 79.4 Å². The van der Waals surface area contributed by atoms with Crippen LogP contribution in [0, 0.1) is 20.8 Å². The minimum absolute atomic E-state index is 0.100. The quantitative estimate of drug-likeness (QED) is 0.579. The first kappa shape index (κ1) is 22.3. The molecule has 0 bridgehead atoms. The molecule has 0 aliphatic rings. The maximum Gasteiger partial charge on any atom is 0.242 e. The van der Waals surface area contributed by atoms with Crippen molar-refractivity contribution >= 4 is 44.3 Å². The van der Waals surface area contributed by atoms with E-state index in [-0.39, 0.29) is 16.6 Å². The lowest BCUT2D eigenvalue weighted by Gasteiger charge is -2.13. The SMILES string of the molecule is Cc1cc(C)cc(NC(=O)CSc2cc(C)c3cc(S(=O)(=O)N(C)C)ccc3n2)c1. The molecule has 0 radical (unpaired) electrons. The number of nitrogens with zero attached hydrogens (tertiary/aromatic N) is 2. The maximum absolute atomic E-state index is 12.4. The average Bonchev–Trinajstić information content (AvgIpc) is 2.65. The van der Waals surface area contributed by atoms with Crippen LogP contribution in [0.2, 0.25) is 0 Å². The van der Waals surface area contributed by atoms with Crippen molar-refractivity contribution < 1.29 is 13.2 Å². The molecule has 1 aromatic heterocycles. The highest BCUT2D eigenvalue weighted by molar-refractivity contribution is 7.99. The number of nitrogens with one attached hydrogen (secondary N) is 1. The highest BCUT2D eigenvalue weighted by Crippen LogP contribution is 2.27. The second kappa shape index (κ2) is 8.75. The van der Waals surface area contributed by atoms with E-state index < -0.39 is 10.0 Å². The Morgan fingerprint density at radius 3 is 2.33 bits per heavy atom. The van der Waals surface area contributed by atoms with E-state index in [0.29, 0.717) is 5.52 Å². The van der Waals surface area contributed by atoms with Gasteiger partial charge in [-0.15, -0.1) is 0 Å². The van der Waals surface area contributed by atoms with Crippen LogP contribution in [-0.4, -0.2) is 43.5 Å². The summed E-state index contributed by atoms with van der Waals surface area (Å²) in [6.07, 6.45) is 0. The third-order valence-electron chi connectivity index (χ3n) is 4.60. The molecule has 6 nitrogen and oxygen atoms in total. The summed E-state index contributed by atoms with van der Waals surface area (Å²) in [5.41, 5.74) is 4.59. The van der Waals surface area contributed by atoms with Gasteiger partial charge in [-0.25, -0.2) is 17.7 Å². The van der Waals surface area contributed by atoms with Crippen LogP contribution in [0.4, 0.5) is 5.69 Å². The van der Waals surface area contributed by atoms with Crippen LogP contribution in [0.1, 0.15) is 16.7 Å². The van der Waals surface area contributed by atoms with Gasteiger partial charge in [0.1, 0.15) is 0 Å². The van der Waals surface area contributed by atoms with Crippen molar-refractivity contribution in [2.24, 2.45) is 0 Å². The van der Waals surface area contributed by atoms with Gasteiger partial charge in [0.15, 0.2) is 0 Å². The van der Waals surface area contributed by atoms with Gasteiger partial charge in [0.2, 0.25) is 15.9 Å². The van der Waals surface area contributed by atoms with Gasteiger partial charge in [0, 0.05) is 25.2 Å². The molecule has 1 N–H and O–H groups in total. The molecule has 0 unspecified atom stereocenters. The molecular formula is C22H25N3O3S2. The van der Waals surface area contributed by atoms with Crippen molar-refractivity contribution in [2.45, 2.75) is 30.7 Å². The first-order valence-electron chi connectivity index (χ1n) is 9.41. The summed E-state index contributed by atoms with van der Waals surface area (Å²) in [6, 6.07) is 12.7. The van der Waals surface area contributed by atoms with Crippen LogP contribution in [-0.2, 0) is 14.8 Å². The molecule has 0 aliphatic heterocycles. The van der Waals surface area contributed by atoms with Crippen molar-refractivity contribution in [3.63, 3.8) is 0 Å². The van der Waals surface area contributed by atoms with Crippen molar-refractivity contribution in [1.29, 1.82) is 0 Å². The number of aryl methyl sites for hydroxylation is 3. The van der Waals surface area contributed by atoms with Gasteiger partial charge in [0.25, 0.3) is 0 Å². The largest absolute Gasteiger partial charge is 0.325 e. The Bertz CT molecular complexity index is 1200. The second-order valence-corrected chi connectivity index (χ2v) is 10.6. The number of hydrogen-bond acceptors (Lipinski definition) is 5. The molecule has 0 spiro atoms. The van der Waals surface area contributed by atoms with Gasteiger partial charge in [-0.3, -0.25) is 4.79 Å². The summed E-state index contributed by atoms with van der Waals surface area (Å²) in [4.78, 5) is 17.2. The van der Waals surface area contributed by atoms with Crippen molar-refractivity contribution in [3.8, 4) is 0 Å². The lowest BCUT2D eigenvalue weighted by Crippen LogP contribution is -2.22. The number of fused-ring (bicyclic) bond motifs is 1. The summed E-state index contributed by atoms with van der Waals surface area (Å²) < 4.78 is 26.0. The van der Waals surface area contributed by atoms with Crippen LogP contribution >= 0.6 is 11.8 Å². The molecule has 0 atom stereocenters. The minimum atomic E-state index is -3.51. The zero-order valence-corrected chi connectivity index (χ0v) is 19.3. The van der Waals surface area contributed by atoms with Crippen molar-refractivity contribution in [3.05, 3.63) is 59.2 Å². The van der Waals surface area contributed by atoms with Gasteiger partial charge in [-0.2, -0.15) is 0 Å². The highest BCUT2D eigenvalue weighted by Gasteiger charge is 2.18. The van der Waals surface area contributed by atoms with Crippen LogP contribution in [0.5, 0.6) is 0 Å². The van der Waals surface area contributed by atoms with E-state index in [9.17, 15) is 13.2 Å². The molecule has 0 saturated carbocycles. The third kappa shape index (κ3) is 5.00. The predicted molar refractivity (Wildman–Crippen MR) is 123 cm³/mol. The number of pyridine rings is 1. The average molecular weight is 444 g/mol. The van der Waals surface area contributed by atoms with Gasteiger partial charge < -0.3 is 5.32 Å². The van der Waals surface area contributed by atoms with E-state index in [1.807, 2.05) is 39.0 Å². The Morgan fingerprint density at radius 2 is 1.70 bits per heavy atom. The Labute approximate surface area is 181 Å². The van der Waals surface area contributed by atoms with Gasteiger partial charge in [-0.05, 0) is 73.9 Å². The van der Waals surface area contributed by atoms with Gasteiger partial charge >= 0.3 is 0 Å². The summed E-state index contributed by atoms with van der Waals surface area (Å²) in [7, 11) is -0.490. The Balaban J connectivity index is 1.76. The van der Waals surface area contributed by atoms with E-state index >= 15 is 0 Å². The fraction of sp³-hybridized carbons (Fsp3) is 0.273. The number of sulfonamides is 1. The zero-order chi connectivity index (χ0) is 22.1. The van der Waals surface area contributed by atoms with E-state index in [0.717, 1.165) is 32.8 Å². The second-order valence-electron chi connectivity index (χ2n) is 7.46. The molecule has 2 aromatic carbocycles. The lowest BCUT2D eigenvalue weighted by atomic mass is 10.1. The number of aromatic nitrogens is 1. The molecule has 0 fully saturated rings. The number of benzene rings is 2. The first-order chi connectivity index (χ1) is 14.1. The van der Waals surface area contributed by atoms with Crippen LogP contribution in [0.25, 0.3) is 10.9 Å². The molecule has 1 amide bonds.